The Hall–Kier alpha value is -0.940. The molecule has 0 amide bonds. The normalized spacial score (nSPS) is 12.6. The summed E-state index contributed by atoms with van der Waals surface area (Å²) in [6.07, 6.45) is -1.71. The highest BCUT2D eigenvalue weighted by atomic mass is 79.9. The van der Waals surface area contributed by atoms with E-state index in [9.17, 15) is 14.3 Å². The molecule has 0 aromatic heterocycles. The predicted molar refractivity (Wildman–Crippen MR) is 56.2 cm³/mol. The number of carboxylic acid groups (broad SMARTS) is 1. The van der Waals surface area contributed by atoms with Gasteiger partial charge < -0.3 is 10.2 Å². The van der Waals surface area contributed by atoms with Crippen LogP contribution in [0.4, 0.5) is 4.39 Å². The average Bonchev–Trinajstić information content (AvgIpc) is 2.15. The van der Waals surface area contributed by atoms with Crippen LogP contribution in [0.25, 0.3) is 0 Å². The number of benzene rings is 1. The Balaban J connectivity index is 3.45. The van der Waals surface area contributed by atoms with Crippen LogP contribution in [0.5, 0.6) is 0 Å². The SMILES string of the molecule is Cc1cc(F)c(Br)c(C(O)C(=O)O)c1C. The van der Waals surface area contributed by atoms with E-state index in [0.29, 0.717) is 11.1 Å². The fourth-order valence-corrected chi connectivity index (χ4v) is 1.94. The Bertz CT molecular complexity index is 391. The Morgan fingerprint density at radius 1 is 1.53 bits per heavy atom. The third-order valence-corrected chi connectivity index (χ3v) is 3.10. The quantitative estimate of drug-likeness (QED) is 0.872. The first kappa shape index (κ1) is 12.1. The Labute approximate surface area is 94.7 Å². The number of carboxylic acids is 1. The van der Waals surface area contributed by atoms with Crippen LogP contribution in [0.2, 0.25) is 0 Å². The van der Waals surface area contributed by atoms with Gasteiger partial charge in [0, 0.05) is 5.56 Å². The Morgan fingerprint density at radius 2 is 2.07 bits per heavy atom. The van der Waals surface area contributed by atoms with Crippen molar-refractivity contribution in [2.24, 2.45) is 0 Å². The number of halogens is 2. The number of aliphatic carboxylic acids is 1. The first-order valence-electron chi connectivity index (χ1n) is 4.22. The van der Waals surface area contributed by atoms with Crippen molar-refractivity contribution in [2.45, 2.75) is 20.0 Å². The third-order valence-electron chi connectivity index (χ3n) is 2.29. The molecule has 0 aliphatic heterocycles. The van der Waals surface area contributed by atoms with Gasteiger partial charge in [-0.05, 0) is 47.0 Å². The monoisotopic (exact) mass is 276 g/mol. The van der Waals surface area contributed by atoms with Crippen LogP contribution >= 0.6 is 15.9 Å². The molecule has 3 nitrogen and oxygen atoms in total. The molecule has 1 atom stereocenters. The van der Waals surface area contributed by atoms with Gasteiger partial charge in [0.15, 0.2) is 6.10 Å². The zero-order valence-corrected chi connectivity index (χ0v) is 9.80. The minimum absolute atomic E-state index is 0.000463. The number of hydrogen-bond acceptors (Lipinski definition) is 2. The minimum atomic E-state index is -1.71. The standard InChI is InChI=1S/C10H10BrFO3/c1-4-3-6(12)8(11)7(5(4)2)9(13)10(14)15/h3,9,13H,1-2H3,(H,14,15). The van der Waals surface area contributed by atoms with E-state index in [1.807, 2.05) is 0 Å². The summed E-state index contributed by atoms with van der Waals surface area (Å²) in [6, 6.07) is 1.29. The zero-order valence-electron chi connectivity index (χ0n) is 8.21. The molecule has 0 saturated heterocycles. The van der Waals surface area contributed by atoms with E-state index in [0.717, 1.165) is 0 Å². The summed E-state index contributed by atoms with van der Waals surface area (Å²) in [5.41, 5.74) is 1.24. The van der Waals surface area contributed by atoms with Crippen molar-refractivity contribution in [3.8, 4) is 0 Å². The first-order chi connectivity index (χ1) is 6.86. The molecule has 0 aliphatic carbocycles. The van der Waals surface area contributed by atoms with Crippen molar-refractivity contribution < 1.29 is 19.4 Å². The van der Waals surface area contributed by atoms with Crippen LogP contribution in [0, 0.1) is 19.7 Å². The summed E-state index contributed by atoms with van der Waals surface area (Å²) in [6.45, 7) is 3.30. The molecular weight excluding hydrogens is 267 g/mol. The third kappa shape index (κ3) is 2.18. The number of rotatable bonds is 2. The van der Waals surface area contributed by atoms with Crippen LogP contribution in [0.1, 0.15) is 22.8 Å². The lowest BCUT2D eigenvalue weighted by molar-refractivity contribution is -0.147. The number of aliphatic hydroxyl groups is 1. The Morgan fingerprint density at radius 3 is 2.53 bits per heavy atom. The molecule has 0 spiro atoms. The van der Waals surface area contributed by atoms with Gasteiger partial charge in [-0.15, -0.1) is 0 Å². The van der Waals surface area contributed by atoms with Crippen molar-refractivity contribution in [1.82, 2.24) is 0 Å². The van der Waals surface area contributed by atoms with Gasteiger partial charge in [-0.3, -0.25) is 0 Å². The molecule has 0 aliphatic rings. The van der Waals surface area contributed by atoms with E-state index >= 15 is 0 Å². The molecule has 1 aromatic rings. The maximum absolute atomic E-state index is 13.3. The molecule has 5 heteroatoms. The van der Waals surface area contributed by atoms with Crippen LogP contribution in [0.15, 0.2) is 10.5 Å². The second-order valence-corrected chi connectivity index (χ2v) is 4.06. The summed E-state index contributed by atoms with van der Waals surface area (Å²) in [5, 5.41) is 18.1. The van der Waals surface area contributed by atoms with E-state index < -0.39 is 17.9 Å². The predicted octanol–water partition coefficient (Wildman–Crippen LogP) is 2.32. The lowest BCUT2D eigenvalue weighted by Crippen LogP contribution is -2.14. The fourth-order valence-electron chi connectivity index (χ4n) is 1.32. The zero-order chi connectivity index (χ0) is 11.7. The lowest BCUT2D eigenvalue weighted by atomic mass is 9.99. The Kier molecular flexibility index (Phi) is 3.46. The lowest BCUT2D eigenvalue weighted by Gasteiger charge is -2.14. The molecule has 0 heterocycles. The molecule has 0 bridgehead atoms. The number of hydrogen-bond donors (Lipinski definition) is 2. The summed E-state index contributed by atoms with van der Waals surface area (Å²) < 4.78 is 13.3. The molecule has 1 rings (SSSR count). The second kappa shape index (κ2) is 4.28. The van der Waals surface area contributed by atoms with Crippen molar-refractivity contribution in [2.75, 3.05) is 0 Å². The number of carbonyl (C=O) groups is 1. The van der Waals surface area contributed by atoms with Gasteiger partial charge in [0.2, 0.25) is 0 Å². The maximum Gasteiger partial charge on any atom is 0.337 e. The molecule has 2 N–H and O–H groups in total. The van der Waals surface area contributed by atoms with E-state index in [4.69, 9.17) is 5.11 Å². The van der Waals surface area contributed by atoms with Crippen molar-refractivity contribution in [3.05, 3.63) is 33.0 Å². The summed E-state index contributed by atoms with van der Waals surface area (Å²) >= 11 is 2.94. The van der Waals surface area contributed by atoms with Crippen molar-refractivity contribution in [3.63, 3.8) is 0 Å². The molecule has 0 fully saturated rings. The smallest absolute Gasteiger partial charge is 0.337 e. The van der Waals surface area contributed by atoms with Crippen molar-refractivity contribution >= 4 is 21.9 Å². The topological polar surface area (TPSA) is 57.5 Å². The molecule has 1 aromatic carbocycles. The first-order valence-corrected chi connectivity index (χ1v) is 5.01. The number of aryl methyl sites for hydroxylation is 1. The molecule has 0 saturated carbocycles. The van der Waals surface area contributed by atoms with Gasteiger partial charge in [-0.1, -0.05) is 0 Å². The average molecular weight is 277 g/mol. The summed E-state index contributed by atoms with van der Waals surface area (Å²) in [5.74, 6) is -1.97. The van der Waals surface area contributed by atoms with E-state index in [1.165, 1.54) is 6.07 Å². The largest absolute Gasteiger partial charge is 0.479 e. The van der Waals surface area contributed by atoms with Gasteiger partial charge in [0.05, 0.1) is 4.47 Å². The van der Waals surface area contributed by atoms with E-state index in [2.05, 4.69) is 15.9 Å². The summed E-state index contributed by atoms with van der Waals surface area (Å²) in [7, 11) is 0. The van der Waals surface area contributed by atoms with Gasteiger partial charge in [0.1, 0.15) is 5.82 Å². The van der Waals surface area contributed by atoms with Crippen LogP contribution in [-0.4, -0.2) is 16.2 Å². The molecule has 0 radical (unpaired) electrons. The highest BCUT2D eigenvalue weighted by molar-refractivity contribution is 9.10. The molecule has 1 unspecified atom stereocenters. The molecule has 15 heavy (non-hydrogen) atoms. The minimum Gasteiger partial charge on any atom is -0.479 e. The van der Waals surface area contributed by atoms with Gasteiger partial charge in [-0.2, -0.15) is 0 Å². The van der Waals surface area contributed by atoms with E-state index in [-0.39, 0.29) is 10.0 Å². The maximum atomic E-state index is 13.3. The second-order valence-electron chi connectivity index (χ2n) is 3.27. The van der Waals surface area contributed by atoms with E-state index in [1.54, 1.807) is 13.8 Å². The van der Waals surface area contributed by atoms with Crippen LogP contribution in [-0.2, 0) is 4.79 Å². The highest BCUT2D eigenvalue weighted by Gasteiger charge is 2.24. The number of aliphatic hydroxyl groups excluding tert-OH is 1. The molecular formula is C10H10BrFO3. The van der Waals surface area contributed by atoms with Crippen molar-refractivity contribution in [1.29, 1.82) is 0 Å². The summed E-state index contributed by atoms with van der Waals surface area (Å²) in [4.78, 5) is 10.6. The van der Waals surface area contributed by atoms with Crippen LogP contribution in [0.3, 0.4) is 0 Å². The fraction of sp³-hybridized carbons (Fsp3) is 0.300. The van der Waals surface area contributed by atoms with Crippen LogP contribution < -0.4 is 0 Å². The molecule has 82 valence electrons. The van der Waals surface area contributed by atoms with Gasteiger partial charge in [0.25, 0.3) is 0 Å². The highest BCUT2D eigenvalue weighted by Crippen LogP contribution is 2.31. The van der Waals surface area contributed by atoms with Gasteiger partial charge in [-0.25, -0.2) is 9.18 Å². The van der Waals surface area contributed by atoms with Gasteiger partial charge >= 0.3 is 5.97 Å².